The van der Waals surface area contributed by atoms with E-state index in [4.69, 9.17) is 0 Å². The van der Waals surface area contributed by atoms with Crippen molar-refractivity contribution < 1.29 is 4.79 Å². The Morgan fingerprint density at radius 1 is 0.905 bits per heavy atom. The lowest BCUT2D eigenvalue weighted by Gasteiger charge is -2.41. The third kappa shape index (κ3) is 4.70. The minimum atomic E-state index is 0.154. The van der Waals surface area contributed by atoms with Crippen LogP contribution in [-0.2, 0) is 4.79 Å². The topological polar surface area (TPSA) is 23.6 Å². The van der Waals surface area contributed by atoms with Crippen LogP contribution in [0.1, 0.15) is 53.4 Å². The molecular formula is C18H34N2O. The second-order valence-corrected chi connectivity index (χ2v) is 7.85. The summed E-state index contributed by atoms with van der Waals surface area (Å²) in [6.07, 6.45) is 5.20. The summed E-state index contributed by atoms with van der Waals surface area (Å²) in [5.41, 5.74) is 0. The molecule has 0 radical (unpaired) electrons. The number of likely N-dealkylation sites (tertiary alicyclic amines) is 2. The van der Waals surface area contributed by atoms with Crippen molar-refractivity contribution in [3.63, 3.8) is 0 Å². The third-order valence-corrected chi connectivity index (χ3v) is 5.27. The molecule has 3 heteroatoms. The van der Waals surface area contributed by atoms with Crippen molar-refractivity contribution in [2.75, 3.05) is 32.7 Å². The first-order valence-corrected chi connectivity index (χ1v) is 8.98. The predicted octanol–water partition coefficient (Wildman–Crippen LogP) is 3.25. The van der Waals surface area contributed by atoms with Crippen LogP contribution in [0, 0.1) is 23.7 Å². The molecule has 3 nitrogen and oxygen atoms in total. The normalized spacial score (nSPS) is 23.2. The Kier molecular flexibility index (Phi) is 6.09. The lowest BCUT2D eigenvalue weighted by atomic mass is 9.78. The van der Waals surface area contributed by atoms with E-state index in [2.05, 4.69) is 23.6 Å². The standard InChI is InChI=1S/C18H34N2O/c1-14(2)13-19-9-5-16(6-10-19)17-7-11-20(12-8-17)18(21)15(3)4/h14-17H,5-13H2,1-4H3. The summed E-state index contributed by atoms with van der Waals surface area (Å²) in [5, 5.41) is 0. The zero-order chi connectivity index (χ0) is 15.4. The van der Waals surface area contributed by atoms with Crippen LogP contribution in [0.25, 0.3) is 0 Å². The van der Waals surface area contributed by atoms with Gasteiger partial charge in [-0.05, 0) is 56.5 Å². The van der Waals surface area contributed by atoms with Crippen molar-refractivity contribution >= 4 is 5.91 Å². The van der Waals surface area contributed by atoms with Gasteiger partial charge < -0.3 is 9.80 Å². The summed E-state index contributed by atoms with van der Waals surface area (Å²) in [6.45, 7) is 14.5. The average Bonchev–Trinajstić information content (AvgIpc) is 2.47. The molecule has 2 aliphatic rings. The molecule has 0 aliphatic carbocycles. The van der Waals surface area contributed by atoms with Gasteiger partial charge in [0.2, 0.25) is 5.91 Å². The Labute approximate surface area is 131 Å². The highest BCUT2D eigenvalue weighted by atomic mass is 16.2. The van der Waals surface area contributed by atoms with Crippen molar-refractivity contribution in [1.82, 2.24) is 9.80 Å². The van der Waals surface area contributed by atoms with Crippen LogP contribution in [0.15, 0.2) is 0 Å². The molecule has 0 N–H and O–H groups in total. The van der Waals surface area contributed by atoms with Gasteiger partial charge >= 0.3 is 0 Å². The van der Waals surface area contributed by atoms with Crippen LogP contribution >= 0.6 is 0 Å². The molecule has 0 aromatic carbocycles. The summed E-state index contributed by atoms with van der Waals surface area (Å²) < 4.78 is 0. The Morgan fingerprint density at radius 2 is 1.38 bits per heavy atom. The SMILES string of the molecule is CC(C)CN1CCC(C2CCN(C(=O)C(C)C)CC2)CC1. The highest BCUT2D eigenvalue weighted by Crippen LogP contribution is 2.32. The first-order valence-electron chi connectivity index (χ1n) is 8.98. The Hall–Kier alpha value is -0.570. The van der Waals surface area contributed by atoms with Crippen LogP contribution in [-0.4, -0.2) is 48.4 Å². The summed E-state index contributed by atoms with van der Waals surface area (Å²) in [7, 11) is 0. The summed E-state index contributed by atoms with van der Waals surface area (Å²) in [5.74, 6) is 3.06. The Morgan fingerprint density at radius 3 is 1.81 bits per heavy atom. The molecule has 0 bridgehead atoms. The molecule has 21 heavy (non-hydrogen) atoms. The lowest BCUT2D eigenvalue weighted by Crippen LogP contribution is -2.44. The third-order valence-electron chi connectivity index (χ3n) is 5.27. The van der Waals surface area contributed by atoms with Crippen LogP contribution in [0.2, 0.25) is 0 Å². The quantitative estimate of drug-likeness (QED) is 0.794. The van der Waals surface area contributed by atoms with Crippen LogP contribution < -0.4 is 0 Å². The fraction of sp³-hybridized carbons (Fsp3) is 0.944. The van der Waals surface area contributed by atoms with E-state index in [1.165, 1.54) is 45.3 Å². The van der Waals surface area contributed by atoms with Gasteiger partial charge in [0.25, 0.3) is 0 Å². The van der Waals surface area contributed by atoms with Gasteiger partial charge in [-0.3, -0.25) is 4.79 Å². The molecule has 2 rings (SSSR count). The summed E-state index contributed by atoms with van der Waals surface area (Å²) in [4.78, 5) is 16.8. The first-order chi connectivity index (χ1) is 9.97. The van der Waals surface area contributed by atoms with Crippen molar-refractivity contribution in [1.29, 1.82) is 0 Å². The summed E-state index contributed by atoms with van der Waals surface area (Å²) in [6, 6.07) is 0. The number of hydrogen-bond donors (Lipinski definition) is 0. The van der Waals surface area contributed by atoms with Crippen LogP contribution in [0.3, 0.4) is 0 Å². The van der Waals surface area contributed by atoms with Gasteiger partial charge in [-0.15, -0.1) is 0 Å². The number of hydrogen-bond acceptors (Lipinski definition) is 2. The number of rotatable bonds is 4. The number of nitrogens with zero attached hydrogens (tertiary/aromatic N) is 2. The molecule has 1 amide bonds. The predicted molar refractivity (Wildman–Crippen MR) is 88.1 cm³/mol. The van der Waals surface area contributed by atoms with E-state index in [1.54, 1.807) is 0 Å². The summed E-state index contributed by atoms with van der Waals surface area (Å²) >= 11 is 0. The molecule has 0 aromatic heterocycles. The maximum Gasteiger partial charge on any atom is 0.225 e. The number of carbonyl (C=O) groups is 1. The molecule has 0 spiro atoms. The Bertz CT molecular complexity index is 324. The van der Waals surface area contributed by atoms with E-state index in [1.807, 2.05) is 13.8 Å². The van der Waals surface area contributed by atoms with E-state index in [0.29, 0.717) is 5.91 Å². The van der Waals surface area contributed by atoms with E-state index in [-0.39, 0.29) is 5.92 Å². The molecule has 0 unspecified atom stereocenters. The van der Waals surface area contributed by atoms with Gasteiger partial charge in [0.05, 0.1) is 0 Å². The van der Waals surface area contributed by atoms with Crippen molar-refractivity contribution in [3.05, 3.63) is 0 Å². The molecule has 122 valence electrons. The number of carbonyl (C=O) groups excluding carboxylic acids is 1. The van der Waals surface area contributed by atoms with Crippen molar-refractivity contribution in [2.45, 2.75) is 53.4 Å². The fourth-order valence-electron chi connectivity index (χ4n) is 4.08. The maximum absolute atomic E-state index is 12.0. The second-order valence-electron chi connectivity index (χ2n) is 7.85. The smallest absolute Gasteiger partial charge is 0.225 e. The highest BCUT2D eigenvalue weighted by molar-refractivity contribution is 5.78. The van der Waals surface area contributed by atoms with Crippen LogP contribution in [0.5, 0.6) is 0 Å². The number of amides is 1. The van der Waals surface area contributed by atoms with Gasteiger partial charge in [0.1, 0.15) is 0 Å². The van der Waals surface area contributed by atoms with E-state index < -0.39 is 0 Å². The van der Waals surface area contributed by atoms with E-state index in [9.17, 15) is 4.79 Å². The van der Waals surface area contributed by atoms with Gasteiger partial charge in [0.15, 0.2) is 0 Å². The molecule has 2 saturated heterocycles. The second kappa shape index (κ2) is 7.62. The van der Waals surface area contributed by atoms with Gasteiger partial charge in [-0.1, -0.05) is 27.7 Å². The van der Waals surface area contributed by atoms with Gasteiger partial charge in [-0.25, -0.2) is 0 Å². The van der Waals surface area contributed by atoms with Crippen molar-refractivity contribution in [2.24, 2.45) is 23.7 Å². The molecule has 2 aliphatic heterocycles. The minimum absolute atomic E-state index is 0.154. The maximum atomic E-state index is 12.0. The van der Waals surface area contributed by atoms with Gasteiger partial charge in [-0.2, -0.15) is 0 Å². The zero-order valence-electron chi connectivity index (χ0n) is 14.5. The molecule has 0 saturated carbocycles. The first kappa shape index (κ1) is 16.8. The van der Waals surface area contributed by atoms with Crippen molar-refractivity contribution in [3.8, 4) is 0 Å². The van der Waals surface area contributed by atoms with Gasteiger partial charge in [0, 0.05) is 25.6 Å². The lowest BCUT2D eigenvalue weighted by molar-refractivity contribution is -0.136. The Balaban J connectivity index is 1.73. The average molecular weight is 294 g/mol. The molecule has 0 atom stereocenters. The zero-order valence-corrected chi connectivity index (χ0v) is 14.5. The monoisotopic (exact) mass is 294 g/mol. The molecular weight excluding hydrogens is 260 g/mol. The molecule has 2 fully saturated rings. The fourth-order valence-corrected chi connectivity index (χ4v) is 4.08. The van der Waals surface area contributed by atoms with Crippen LogP contribution in [0.4, 0.5) is 0 Å². The molecule has 0 aromatic rings. The van der Waals surface area contributed by atoms with E-state index in [0.717, 1.165) is 30.8 Å². The largest absolute Gasteiger partial charge is 0.342 e. The van der Waals surface area contributed by atoms with E-state index >= 15 is 0 Å². The minimum Gasteiger partial charge on any atom is -0.342 e. The number of piperidine rings is 2. The molecule has 2 heterocycles. The highest BCUT2D eigenvalue weighted by Gasteiger charge is 2.31.